The number of rotatable bonds is 7. The second-order valence-corrected chi connectivity index (χ2v) is 13.6. The number of hydrogen-bond acceptors (Lipinski definition) is 9. The van der Waals surface area contributed by atoms with Crippen molar-refractivity contribution in [2.75, 3.05) is 14.2 Å². The molecule has 4 N–H and O–H groups in total. The van der Waals surface area contributed by atoms with Gasteiger partial charge in [-0.15, -0.1) is 0 Å². The van der Waals surface area contributed by atoms with Crippen molar-refractivity contribution in [2.24, 2.45) is 35.5 Å². The Morgan fingerprint density at radius 2 is 1.68 bits per heavy atom. The van der Waals surface area contributed by atoms with Crippen molar-refractivity contribution in [3.05, 3.63) is 47.3 Å². The lowest BCUT2D eigenvalue weighted by Crippen LogP contribution is -2.59. The maximum absolute atomic E-state index is 13.5. The molecule has 9 heteroatoms. The maximum atomic E-state index is 13.5. The van der Waals surface area contributed by atoms with Crippen LogP contribution in [-0.2, 0) is 23.7 Å². The standard InChI is InChI=1S/C35H58O9/c1-19(2)32-24(7)27(36)18-35(40,44-32)26(9)31(38)25(8)33-28(41-10)14-12-13-20(3)15-22(5)30(37)23(6)16-21(4)17-29(42-11)34(39)43-33/h12-14,16-17,19,22-28,30-33,36-38,40H,15,18H2,1-11H3/b14-12+,20-13+,21-16-,29-17-/t22-,23+,24-,25-,26-,27+,28-,30-,31+,32+,33+,35+/m0/s1. The summed E-state index contributed by atoms with van der Waals surface area (Å²) in [6.45, 7) is 17.0. The van der Waals surface area contributed by atoms with Crippen LogP contribution in [0.3, 0.4) is 0 Å². The number of methoxy groups -OCH3 is 2. The van der Waals surface area contributed by atoms with E-state index in [1.54, 1.807) is 26.0 Å². The molecule has 44 heavy (non-hydrogen) atoms. The van der Waals surface area contributed by atoms with Gasteiger partial charge >= 0.3 is 5.97 Å². The third-order valence-electron chi connectivity index (χ3n) is 9.50. The van der Waals surface area contributed by atoms with Crippen molar-refractivity contribution in [1.82, 2.24) is 0 Å². The van der Waals surface area contributed by atoms with Gasteiger partial charge in [-0.05, 0) is 38.2 Å². The van der Waals surface area contributed by atoms with E-state index >= 15 is 0 Å². The summed E-state index contributed by atoms with van der Waals surface area (Å²) in [5.74, 6) is -4.49. The van der Waals surface area contributed by atoms with Gasteiger partial charge in [0.05, 0.1) is 31.5 Å². The van der Waals surface area contributed by atoms with Crippen molar-refractivity contribution < 1.29 is 44.2 Å². The molecule has 0 aromatic heterocycles. The quantitative estimate of drug-likeness (QED) is 0.298. The van der Waals surface area contributed by atoms with E-state index in [2.05, 4.69) is 0 Å². The maximum Gasteiger partial charge on any atom is 0.373 e. The predicted octanol–water partition coefficient (Wildman–Crippen LogP) is 4.69. The van der Waals surface area contributed by atoms with Crippen molar-refractivity contribution >= 4 is 5.97 Å². The summed E-state index contributed by atoms with van der Waals surface area (Å²) in [7, 11) is 2.87. The molecule has 2 aliphatic heterocycles. The van der Waals surface area contributed by atoms with Gasteiger partial charge in [0.1, 0.15) is 12.2 Å². The number of hydrogen-bond donors (Lipinski definition) is 4. The van der Waals surface area contributed by atoms with Crippen LogP contribution in [-0.4, -0.2) is 83.0 Å². The molecule has 9 nitrogen and oxygen atoms in total. The Morgan fingerprint density at radius 1 is 1.05 bits per heavy atom. The summed E-state index contributed by atoms with van der Waals surface area (Å²) in [6.07, 6.45) is 4.85. The molecule has 0 spiro atoms. The van der Waals surface area contributed by atoms with Gasteiger partial charge in [-0.25, -0.2) is 4.79 Å². The summed E-state index contributed by atoms with van der Waals surface area (Å²) in [6, 6.07) is 0. The third kappa shape index (κ3) is 9.50. The number of cyclic esters (lactones) is 1. The monoisotopic (exact) mass is 622 g/mol. The van der Waals surface area contributed by atoms with Crippen LogP contribution >= 0.6 is 0 Å². The van der Waals surface area contributed by atoms with E-state index < -0.39 is 60.2 Å². The van der Waals surface area contributed by atoms with Gasteiger partial charge < -0.3 is 39.4 Å². The van der Waals surface area contributed by atoms with Gasteiger partial charge in [0, 0.05) is 37.2 Å². The molecule has 1 fully saturated rings. The van der Waals surface area contributed by atoms with E-state index in [9.17, 15) is 25.2 Å². The van der Waals surface area contributed by atoms with Crippen LogP contribution < -0.4 is 0 Å². The number of aliphatic hydroxyl groups excluding tert-OH is 3. The SMILES string of the molecule is CO/C1=C\C(C)=C/[C@@H](C)[C@@H](O)[C@@H](C)C/C(C)=C/C=C/[C@H](OC)[C@@H]([C@@H](C)[C@@H](O)[C@H](C)[C@@]2(O)C[C@@H](O)[C@H](C)[C@@H](C(C)C)O2)OC1=O. The molecule has 252 valence electrons. The largest absolute Gasteiger partial charge is 0.490 e. The molecule has 0 bridgehead atoms. The normalized spacial score (nSPS) is 41.2. The summed E-state index contributed by atoms with van der Waals surface area (Å²) < 4.78 is 23.4. The van der Waals surface area contributed by atoms with Gasteiger partial charge in [0.2, 0.25) is 5.76 Å². The Balaban J connectivity index is 2.52. The summed E-state index contributed by atoms with van der Waals surface area (Å²) >= 11 is 0. The van der Waals surface area contributed by atoms with E-state index in [0.717, 1.165) is 11.1 Å². The lowest BCUT2D eigenvalue weighted by Gasteiger charge is -2.49. The molecule has 12 atom stereocenters. The Bertz CT molecular complexity index is 1060. The topological polar surface area (TPSA) is 135 Å². The molecular weight excluding hydrogens is 564 g/mol. The van der Waals surface area contributed by atoms with E-state index in [0.29, 0.717) is 6.42 Å². The summed E-state index contributed by atoms with van der Waals surface area (Å²) in [5.41, 5.74) is 1.78. The number of esters is 1. The Morgan fingerprint density at radius 3 is 2.25 bits per heavy atom. The number of ether oxygens (including phenoxy) is 4. The Hall–Kier alpha value is -2.01. The average Bonchev–Trinajstić information content (AvgIpc) is 2.96. The van der Waals surface area contributed by atoms with Crippen molar-refractivity contribution in [3.8, 4) is 0 Å². The molecule has 0 amide bonds. The second kappa shape index (κ2) is 16.5. The van der Waals surface area contributed by atoms with Crippen LogP contribution in [0.1, 0.15) is 75.2 Å². The van der Waals surface area contributed by atoms with Crippen LogP contribution in [0.4, 0.5) is 0 Å². The first-order valence-electron chi connectivity index (χ1n) is 15.9. The Labute approximate surface area is 264 Å². The highest BCUT2D eigenvalue weighted by Gasteiger charge is 2.51. The lowest BCUT2D eigenvalue weighted by molar-refractivity contribution is -0.328. The molecular formula is C35H58O9. The van der Waals surface area contributed by atoms with Crippen LogP contribution in [0.15, 0.2) is 47.3 Å². The van der Waals surface area contributed by atoms with Gasteiger partial charge in [0.15, 0.2) is 5.79 Å². The summed E-state index contributed by atoms with van der Waals surface area (Å²) in [5, 5.41) is 45.0. The molecule has 0 aromatic carbocycles. The zero-order valence-electron chi connectivity index (χ0n) is 28.6. The smallest absolute Gasteiger partial charge is 0.373 e. The molecule has 0 radical (unpaired) electrons. The van der Waals surface area contributed by atoms with E-state index in [1.165, 1.54) is 14.2 Å². The highest BCUT2D eigenvalue weighted by molar-refractivity contribution is 5.87. The fourth-order valence-electron chi connectivity index (χ4n) is 6.54. The van der Waals surface area contributed by atoms with Crippen LogP contribution in [0.5, 0.6) is 0 Å². The molecule has 2 heterocycles. The number of carbonyl (C=O) groups is 1. The molecule has 2 aliphatic rings. The number of carbonyl (C=O) groups excluding carboxylic acids is 1. The minimum atomic E-state index is -1.80. The molecule has 0 unspecified atom stereocenters. The third-order valence-corrected chi connectivity index (χ3v) is 9.50. The van der Waals surface area contributed by atoms with Gasteiger partial charge in [-0.1, -0.05) is 83.9 Å². The highest BCUT2D eigenvalue weighted by atomic mass is 16.6. The fourth-order valence-corrected chi connectivity index (χ4v) is 6.54. The van der Waals surface area contributed by atoms with Gasteiger partial charge in [0.25, 0.3) is 0 Å². The molecule has 0 saturated carbocycles. The van der Waals surface area contributed by atoms with E-state index in [-0.39, 0.29) is 35.9 Å². The average molecular weight is 623 g/mol. The van der Waals surface area contributed by atoms with Gasteiger partial charge in [-0.2, -0.15) is 0 Å². The fraction of sp³-hybridized carbons (Fsp3) is 0.743. The van der Waals surface area contributed by atoms with Crippen molar-refractivity contribution in [1.29, 1.82) is 0 Å². The number of aliphatic hydroxyl groups is 4. The lowest BCUT2D eigenvalue weighted by atomic mass is 9.76. The second-order valence-electron chi connectivity index (χ2n) is 13.6. The molecule has 0 aliphatic carbocycles. The first kappa shape index (κ1) is 38.2. The zero-order valence-corrected chi connectivity index (χ0v) is 28.6. The number of allylic oxidation sites excluding steroid dienone is 5. The van der Waals surface area contributed by atoms with Crippen molar-refractivity contribution in [3.63, 3.8) is 0 Å². The predicted molar refractivity (Wildman–Crippen MR) is 170 cm³/mol. The zero-order chi connectivity index (χ0) is 33.5. The first-order valence-corrected chi connectivity index (χ1v) is 15.9. The van der Waals surface area contributed by atoms with E-state index in [4.69, 9.17) is 18.9 Å². The Kier molecular flexibility index (Phi) is 14.3. The van der Waals surface area contributed by atoms with Crippen LogP contribution in [0.2, 0.25) is 0 Å². The molecule has 0 aromatic rings. The van der Waals surface area contributed by atoms with Crippen molar-refractivity contribution in [2.45, 2.75) is 118 Å². The highest BCUT2D eigenvalue weighted by Crippen LogP contribution is 2.41. The molecule has 2 rings (SSSR count). The summed E-state index contributed by atoms with van der Waals surface area (Å²) in [4.78, 5) is 13.5. The van der Waals surface area contributed by atoms with E-state index in [1.807, 2.05) is 66.7 Å². The van der Waals surface area contributed by atoms with Crippen LogP contribution in [0, 0.1) is 35.5 Å². The minimum absolute atomic E-state index is 0.00492. The minimum Gasteiger partial charge on any atom is -0.490 e. The van der Waals surface area contributed by atoms with Gasteiger partial charge in [-0.3, -0.25) is 0 Å². The van der Waals surface area contributed by atoms with Crippen LogP contribution in [0.25, 0.3) is 0 Å². The first-order chi connectivity index (χ1) is 20.5. The molecule has 1 saturated heterocycles.